The number of nitrogens with zero attached hydrogens (tertiary/aromatic N) is 3. The van der Waals surface area contributed by atoms with Gasteiger partial charge in [-0.3, -0.25) is 9.36 Å². The Labute approximate surface area is 206 Å². The SMILES string of the molecule is CC(Sc1nnc(-c2ccccc2F)n1Cc1ccccc1)C(=O)Nc1ccc2c(c1)OCCO2. The number of benzene rings is 3. The first-order chi connectivity index (χ1) is 17.1. The van der Waals surface area contributed by atoms with Crippen molar-refractivity contribution in [1.29, 1.82) is 0 Å². The molecule has 0 saturated heterocycles. The monoisotopic (exact) mass is 490 g/mol. The van der Waals surface area contributed by atoms with Gasteiger partial charge in [0.2, 0.25) is 5.91 Å². The fraction of sp³-hybridized carbons (Fsp3) is 0.192. The molecule has 9 heteroatoms. The molecule has 0 radical (unpaired) electrons. The molecule has 1 atom stereocenters. The summed E-state index contributed by atoms with van der Waals surface area (Å²) in [6, 6.07) is 21.6. The van der Waals surface area contributed by atoms with Crippen molar-refractivity contribution in [2.45, 2.75) is 23.9 Å². The maximum atomic E-state index is 14.6. The number of rotatable bonds is 7. The average Bonchev–Trinajstić information content (AvgIpc) is 3.26. The van der Waals surface area contributed by atoms with E-state index < -0.39 is 5.25 Å². The molecule has 0 saturated carbocycles. The number of carbonyl (C=O) groups excluding carboxylic acids is 1. The quantitative estimate of drug-likeness (QED) is 0.367. The second-order valence-electron chi connectivity index (χ2n) is 7.97. The molecule has 2 heterocycles. The predicted octanol–water partition coefficient (Wildman–Crippen LogP) is 5.02. The van der Waals surface area contributed by atoms with Crippen LogP contribution in [0.5, 0.6) is 11.5 Å². The van der Waals surface area contributed by atoms with E-state index >= 15 is 0 Å². The smallest absolute Gasteiger partial charge is 0.237 e. The van der Waals surface area contributed by atoms with Crippen LogP contribution in [0.2, 0.25) is 0 Å². The molecule has 1 N–H and O–H groups in total. The zero-order chi connectivity index (χ0) is 24.2. The van der Waals surface area contributed by atoms with Gasteiger partial charge in [-0.15, -0.1) is 10.2 Å². The molecular weight excluding hydrogens is 467 g/mol. The largest absolute Gasteiger partial charge is 0.486 e. The molecule has 7 nitrogen and oxygen atoms in total. The van der Waals surface area contributed by atoms with Crippen LogP contribution in [0.4, 0.5) is 10.1 Å². The highest BCUT2D eigenvalue weighted by atomic mass is 32.2. The second kappa shape index (κ2) is 10.2. The molecule has 1 aliphatic rings. The molecule has 1 aromatic heterocycles. The van der Waals surface area contributed by atoms with Gasteiger partial charge in [0.1, 0.15) is 19.0 Å². The van der Waals surface area contributed by atoms with Gasteiger partial charge in [0.15, 0.2) is 22.5 Å². The standard InChI is InChI=1S/C26H23FN4O3S/c1-17(25(32)28-19-11-12-22-23(15-19)34-14-13-33-22)35-26-30-29-24(20-9-5-6-10-21(20)27)31(26)16-18-7-3-2-4-8-18/h2-12,15,17H,13-14,16H2,1H3,(H,28,32). The van der Waals surface area contributed by atoms with E-state index in [-0.39, 0.29) is 11.7 Å². The number of fused-ring (bicyclic) bond motifs is 1. The Kier molecular flexibility index (Phi) is 6.67. The summed E-state index contributed by atoms with van der Waals surface area (Å²) < 4.78 is 27.6. The van der Waals surface area contributed by atoms with E-state index in [2.05, 4.69) is 15.5 Å². The molecule has 5 rings (SSSR count). The summed E-state index contributed by atoms with van der Waals surface area (Å²) in [7, 11) is 0. The van der Waals surface area contributed by atoms with Gasteiger partial charge in [0.05, 0.1) is 17.4 Å². The Balaban J connectivity index is 1.38. The van der Waals surface area contributed by atoms with Crippen LogP contribution in [0, 0.1) is 5.82 Å². The van der Waals surface area contributed by atoms with Gasteiger partial charge in [-0.2, -0.15) is 0 Å². The molecule has 1 unspecified atom stereocenters. The summed E-state index contributed by atoms with van der Waals surface area (Å²) in [6.45, 7) is 3.21. The lowest BCUT2D eigenvalue weighted by Crippen LogP contribution is -2.23. The van der Waals surface area contributed by atoms with Gasteiger partial charge in [-0.05, 0) is 36.8 Å². The Morgan fingerprint density at radius 3 is 2.57 bits per heavy atom. The van der Waals surface area contributed by atoms with Crippen molar-refractivity contribution in [2.75, 3.05) is 18.5 Å². The second-order valence-corrected chi connectivity index (χ2v) is 9.27. The number of hydrogen-bond acceptors (Lipinski definition) is 6. The van der Waals surface area contributed by atoms with Crippen LogP contribution >= 0.6 is 11.8 Å². The number of carbonyl (C=O) groups is 1. The van der Waals surface area contributed by atoms with Crippen molar-refractivity contribution in [3.63, 3.8) is 0 Å². The number of nitrogens with one attached hydrogen (secondary N) is 1. The Morgan fingerprint density at radius 1 is 1.03 bits per heavy atom. The Bertz CT molecular complexity index is 1350. The van der Waals surface area contributed by atoms with E-state index in [4.69, 9.17) is 9.47 Å². The van der Waals surface area contributed by atoms with Crippen molar-refractivity contribution < 1.29 is 18.7 Å². The maximum absolute atomic E-state index is 14.6. The van der Waals surface area contributed by atoms with E-state index in [0.717, 1.165) is 5.56 Å². The highest BCUT2D eigenvalue weighted by Crippen LogP contribution is 2.33. The van der Waals surface area contributed by atoms with Crippen molar-refractivity contribution >= 4 is 23.4 Å². The van der Waals surface area contributed by atoms with Crippen LogP contribution in [0.3, 0.4) is 0 Å². The fourth-order valence-corrected chi connectivity index (χ4v) is 4.55. The molecule has 35 heavy (non-hydrogen) atoms. The fourth-order valence-electron chi connectivity index (χ4n) is 3.70. The number of aromatic nitrogens is 3. The number of halogens is 1. The third kappa shape index (κ3) is 5.14. The van der Waals surface area contributed by atoms with Crippen LogP contribution in [0.15, 0.2) is 78.0 Å². The summed E-state index contributed by atoms with van der Waals surface area (Å²) in [5, 5.41) is 11.5. The Morgan fingerprint density at radius 2 is 1.77 bits per heavy atom. The summed E-state index contributed by atoms with van der Waals surface area (Å²) in [6.07, 6.45) is 0. The molecule has 0 aliphatic carbocycles. The molecule has 0 bridgehead atoms. The molecule has 178 valence electrons. The number of ether oxygens (including phenoxy) is 2. The molecule has 3 aromatic carbocycles. The van der Waals surface area contributed by atoms with Crippen molar-refractivity contribution in [3.05, 3.63) is 84.2 Å². The van der Waals surface area contributed by atoms with Crippen molar-refractivity contribution in [1.82, 2.24) is 14.8 Å². The third-order valence-electron chi connectivity index (χ3n) is 5.48. The maximum Gasteiger partial charge on any atom is 0.237 e. The average molecular weight is 491 g/mol. The van der Waals surface area contributed by atoms with Crippen LogP contribution in [-0.4, -0.2) is 39.1 Å². The van der Waals surface area contributed by atoms with Crippen molar-refractivity contribution in [2.24, 2.45) is 0 Å². The molecule has 4 aromatic rings. The van der Waals surface area contributed by atoms with Gasteiger partial charge >= 0.3 is 0 Å². The van der Waals surface area contributed by atoms with E-state index in [0.29, 0.717) is 53.5 Å². The first-order valence-corrected chi connectivity index (χ1v) is 12.1. The van der Waals surface area contributed by atoms with Crippen molar-refractivity contribution in [3.8, 4) is 22.9 Å². The minimum absolute atomic E-state index is 0.201. The number of anilines is 1. The lowest BCUT2D eigenvalue weighted by molar-refractivity contribution is -0.115. The number of amides is 1. The van der Waals surface area contributed by atoms with Crippen LogP contribution in [-0.2, 0) is 11.3 Å². The molecular formula is C26H23FN4O3S. The molecule has 1 amide bonds. The lowest BCUT2D eigenvalue weighted by atomic mass is 10.2. The van der Waals surface area contributed by atoms with Gasteiger partial charge < -0.3 is 14.8 Å². The highest BCUT2D eigenvalue weighted by molar-refractivity contribution is 8.00. The summed E-state index contributed by atoms with van der Waals surface area (Å²) in [5.74, 6) is 1.09. The minimum Gasteiger partial charge on any atom is -0.486 e. The summed E-state index contributed by atoms with van der Waals surface area (Å²) in [4.78, 5) is 13.0. The first kappa shape index (κ1) is 22.9. The predicted molar refractivity (Wildman–Crippen MR) is 132 cm³/mol. The van der Waals surface area contributed by atoms with E-state index in [1.165, 1.54) is 17.8 Å². The summed E-state index contributed by atoms with van der Waals surface area (Å²) in [5.41, 5.74) is 1.99. The lowest BCUT2D eigenvalue weighted by Gasteiger charge is -2.19. The van der Waals surface area contributed by atoms with Gasteiger partial charge in [-0.1, -0.05) is 54.2 Å². The Hall–Kier alpha value is -3.85. The molecule has 0 spiro atoms. The first-order valence-electron chi connectivity index (χ1n) is 11.2. The summed E-state index contributed by atoms with van der Waals surface area (Å²) >= 11 is 1.27. The van der Waals surface area contributed by atoms with Crippen LogP contribution in [0.1, 0.15) is 12.5 Å². The normalized spacial score (nSPS) is 13.3. The topological polar surface area (TPSA) is 78.3 Å². The highest BCUT2D eigenvalue weighted by Gasteiger charge is 2.23. The molecule has 1 aliphatic heterocycles. The van der Waals surface area contributed by atoms with Crippen LogP contribution in [0.25, 0.3) is 11.4 Å². The third-order valence-corrected chi connectivity index (χ3v) is 6.56. The van der Waals surface area contributed by atoms with Crippen LogP contribution < -0.4 is 14.8 Å². The minimum atomic E-state index is -0.490. The van der Waals surface area contributed by atoms with Gasteiger partial charge in [0.25, 0.3) is 0 Å². The zero-order valence-corrected chi connectivity index (χ0v) is 19.8. The van der Waals surface area contributed by atoms with E-state index in [9.17, 15) is 9.18 Å². The number of thioether (sulfide) groups is 1. The zero-order valence-electron chi connectivity index (χ0n) is 19.0. The van der Waals surface area contributed by atoms with Gasteiger partial charge in [0, 0.05) is 11.8 Å². The van der Waals surface area contributed by atoms with Gasteiger partial charge in [-0.25, -0.2) is 4.39 Å². The number of hydrogen-bond donors (Lipinski definition) is 1. The molecule has 0 fully saturated rings. The van der Waals surface area contributed by atoms with E-state index in [1.54, 1.807) is 43.3 Å². The van der Waals surface area contributed by atoms with E-state index in [1.807, 2.05) is 34.9 Å².